The first-order valence-electron chi connectivity index (χ1n) is 5.72. The summed E-state index contributed by atoms with van der Waals surface area (Å²) < 4.78 is 0. The van der Waals surface area contributed by atoms with Crippen LogP contribution in [0.1, 0.15) is 43.9 Å². The molecule has 0 bridgehead atoms. The third-order valence-corrected chi connectivity index (χ3v) is 2.57. The number of benzene rings is 1. The predicted molar refractivity (Wildman–Crippen MR) is 63.7 cm³/mol. The molecular formula is C14H22. The fraction of sp³-hybridized carbons (Fsp3) is 0.571. The summed E-state index contributed by atoms with van der Waals surface area (Å²) in [6.07, 6.45) is 3.66. The first-order valence-corrected chi connectivity index (χ1v) is 5.72. The van der Waals surface area contributed by atoms with Crippen molar-refractivity contribution in [2.75, 3.05) is 0 Å². The van der Waals surface area contributed by atoms with Crippen LogP contribution in [0.2, 0.25) is 0 Å². The molecular weight excluding hydrogens is 168 g/mol. The zero-order valence-corrected chi connectivity index (χ0v) is 9.93. The molecule has 1 rings (SSSR count). The van der Waals surface area contributed by atoms with Gasteiger partial charge in [-0.25, -0.2) is 0 Å². The topological polar surface area (TPSA) is 0 Å². The van der Waals surface area contributed by atoms with Crippen molar-refractivity contribution in [1.82, 2.24) is 0 Å². The van der Waals surface area contributed by atoms with Gasteiger partial charge in [0.15, 0.2) is 0 Å². The van der Waals surface area contributed by atoms with Gasteiger partial charge in [0.1, 0.15) is 0 Å². The van der Waals surface area contributed by atoms with E-state index in [2.05, 4.69) is 45.9 Å². The Morgan fingerprint density at radius 2 is 1.93 bits per heavy atom. The van der Waals surface area contributed by atoms with Crippen molar-refractivity contribution in [3.05, 3.63) is 34.9 Å². The Labute approximate surface area is 88.4 Å². The van der Waals surface area contributed by atoms with Crippen LogP contribution in [0.15, 0.2) is 18.2 Å². The van der Waals surface area contributed by atoms with Gasteiger partial charge in [0.25, 0.3) is 0 Å². The maximum Gasteiger partial charge on any atom is -0.0256 e. The number of rotatable bonds is 4. The van der Waals surface area contributed by atoms with Crippen LogP contribution < -0.4 is 0 Å². The molecule has 78 valence electrons. The van der Waals surface area contributed by atoms with Crippen LogP contribution in [0.5, 0.6) is 0 Å². The summed E-state index contributed by atoms with van der Waals surface area (Å²) in [5.41, 5.74) is 4.46. The van der Waals surface area contributed by atoms with E-state index in [1.165, 1.54) is 36.0 Å². The number of hydrogen-bond donors (Lipinski definition) is 0. The Morgan fingerprint density at radius 3 is 2.43 bits per heavy atom. The van der Waals surface area contributed by atoms with Gasteiger partial charge in [-0.2, -0.15) is 0 Å². The third-order valence-electron chi connectivity index (χ3n) is 2.57. The van der Waals surface area contributed by atoms with Gasteiger partial charge in [-0.1, -0.05) is 45.4 Å². The molecule has 0 nitrogen and oxygen atoms in total. The Morgan fingerprint density at radius 1 is 1.21 bits per heavy atom. The second-order valence-electron chi connectivity index (χ2n) is 4.61. The Hall–Kier alpha value is -0.780. The normalized spacial score (nSPS) is 10.9. The minimum absolute atomic E-state index is 0.756. The SMILES string of the molecule is CCCc1ccc(CC(C)C)cc1C. The summed E-state index contributed by atoms with van der Waals surface area (Å²) in [6, 6.07) is 6.94. The van der Waals surface area contributed by atoms with E-state index in [9.17, 15) is 0 Å². The van der Waals surface area contributed by atoms with Crippen molar-refractivity contribution < 1.29 is 0 Å². The van der Waals surface area contributed by atoms with Crippen molar-refractivity contribution in [1.29, 1.82) is 0 Å². The van der Waals surface area contributed by atoms with E-state index in [1.807, 2.05) is 0 Å². The maximum atomic E-state index is 2.35. The van der Waals surface area contributed by atoms with Gasteiger partial charge in [0, 0.05) is 0 Å². The largest absolute Gasteiger partial charge is 0.0651 e. The van der Waals surface area contributed by atoms with Crippen LogP contribution in [0, 0.1) is 12.8 Å². The van der Waals surface area contributed by atoms with E-state index in [0.29, 0.717) is 0 Å². The number of aryl methyl sites for hydroxylation is 2. The molecule has 0 radical (unpaired) electrons. The highest BCUT2D eigenvalue weighted by atomic mass is 14.1. The summed E-state index contributed by atoms with van der Waals surface area (Å²) in [6.45, 7) is 9.01. The Bertz CT molecular complexity index is 284. The average molecular weight is 190 g/mol. The molecule has 1 aromatic rings. The van der Waals surface area contributed by atoms with Gasteiger partial charge in [-0.15, -0.1) is 0 Å². The Balaban J connectivity index is 2.78. The third kappa shape index (κ3) is 3.17. The van der Waals surface area contributed by atoms with Crippen molar-refractivity contribution in [2.24, 2.45) is 5.92 Å². The van der Waals surface area contributed by atoms with E-state index in [4.69, 9.17) is 0 Å². The highest BCUT2D eigenvalue weighted by Crippen LogP contribution is 2.15. The summed E-state index contributed by atoms with van der Waals surface area (Å²) in [7, 11) is 0. The maximum absolute atomic E-state index is 2.35. The summed E-state index contributed by atoms with van der Waals surface area (Å²) in [5.74, 6) is 0.756. The molecule has 0 aromatic heterocycles. The van der Waals surface area contributed by atoms with Crippen LogP contribution >= 0.6 is 0 Å². The van der Waals surface area contributed by atoms with Crippen molar-refractivity contribution in [3.8, 4) is 0 Å². The zero-order valence-electron chi connectivity index (χ0n) is 9.93. The second-order valence-corrected chi connectivity index (χ2v) is 4.61. The van der Waals surface area contributed by atoms with Gasteiger partial charge in [0.2, 0.25) is 0 Å². The molecule has 0 heterocycles. The smallest absolute Gasteiger partial charge is 0.0256 e. The molecule has 0 atom stereocenters. The molecule has 0 fully saturated rings. The molecule has 0 heteroatoms. The van der Waals surface area contributed by atoms with E-state index >= 15 is 0 Å². The summed E-state index contributed by atoms with van der Waals surface area (Å²) in [4.78, 5) is 0. The zero-order chi connectivity index (χ0) is 10.6. The molecule has 0 aliphatic rings. The highest BCUT2D eigenvalue weighted by Gasteiger charge is 2.01. The Kier molecular flexibility index (Phi) is 4.19. The van der Waals surface area contributed by atoms with Crippen molar-refractivity contribution in [3.63, 3.8) is 0 Å². The van der Waals surface area contributed by atoms with Gasteiger partial charge in [0.05, 0.1) is 0 Å². The summed E-state index contributed by atoms with van der Waals surface area (Å²) in [5, 5.41) is 0. The average Bonchev–Trinajstić information content (AvgIpc) is 2.09. The molecule has 1 aromatic carbocycles. The first-order chi connectivity index (χ1) is 6.63. The monoisotopic (exact) mass is 190 g/mol. The molecule has 0 N–H and O–H groups in total. The standard InChI is InChI=1S/C14H22/c1-5-6-14-8-7-13(9-11(2)3)10-12(14)4/h7-8,10-11H,5-6,9H2,1-4H3. The quantitative estimate of drug-likeness (QED) is 0.669. The first kappa shape index (κ1) is 11.3. The van der Waals surface area contributed by atoms with E-state index in [-0.39, 0.29) is 0 Å². The molecule has 0 spiro atoms. The number of hydrogen-bond acceptors (Lipinski definition) is 0. The van der Waals surface area contributed by atoms with Gasteiger partial charge >= 0.3 is 0 Å². The lowest BCUT2D eigenvalue weighted by Gasteiger charge is -2.09. The fourth-order valence-corrected chi connectivity index (χ4v) is 1.91. The summed E-state index contributed by atoms with van der Waals surface area (Å²) >= 11 is 0. The van der Waals surface area contributed by atoms with E-state index < -0.39 is 0 Å². The van der Waals surface area contributed by atoms with Crippen LogP contribution in [0.25, 0.3) is 0 Å². The molecule has 0 saturated carbocycles. The fourth-order valence-electron chi connectivity index (χ4n) is 1.91. The van der Waals surface area contributed by atoms with Gasteiger partial charge in [-0.3, -0.25) is 0 Å². The molecule has 0 aliphatic heterocycles. The highest BCUT2D eigenvalue weighted by molar-refractivity contribution is 5.31. The minimum atomic E-state index is 0.756. The van der Waals surface area contributed by atoms with Crippen LogP contribution in [-0.2, 0) is 12.8 Å². The molecule has 0 unspecified atom stereocenters. The van der Waals surface area contributed by atoms with Crippen molar-refractivity contribution in [2.45, 2.75) is 47.0 Å². The lowest BCUT2D eigenvalue weighted by atomic mass is 9.97. The minimum Gasteiger partial charge on any atom is -0.0651 e. The molecule has 0 saturated heterocycles. The van der Waals surface area contributed by atoms with Gasteiger partial charge < -0.3 is 0 Å². The predicted octanol–water partition coefficient (Wildman–Crippen LogP) is 4.15. The lowest BCUT2D eigenvalue weighted by Crippen LogP contribution is -1.96. The van der Waals surface area contributed by atoms with E-state index in [0.717, 1.165) is 5.92 Å². The molecule has 0 aliphatic carbocycles. The van der Waals surface area contributed by atoms with Crippen LogP contribution in [0.4, 0.5) is 0 Å². The lowest BCUT2D eigenvalue weighted by molar-refractivity contribution is 0.646. The molecule has 0 amide bonds. The second kappa shape index (κ2) is 5.19. The van der Waals surface area contributed by atoms with Gasteiger partial charge in [-0.05, 0) is 42.4 Å². The molecule has 14 heavy (non-hydrogen) atoms. The van der Waals surface area contributed by atoms with Crippen LogP contribution in [0.3, 0.4) is 0 Å². The van der Waals surface area contributed by atoms with E-state index in [1.54, 1.807) is 0 Å². The van der Waals surface area contributed by atoms with Crippen LogP contribution in [-0.4, -0.2) is 0 Å². The van der Waals surface area contributed by atoms with Crippen molar-refractivity contribution >= 4 is 0 Å².